The van der Waals surface area contributed by atoms with Gasteiger partial charge in [-0.05, 0) is 49.9 Å². The average molecular weight is 473 g/mol. The summed E-state index contributed by atoms with van der Waals surface area (Å²) in [5.74, 6) is 1.15. The predicted octanol–water partition coefficient (Wildman–Crippen LogP) is 3.55. The number of carbonyl (C=O) groups excluding carboxylic acids is 1. The molecule has 0 radical (unpaired) electrons. The summed E-state index contributed by atoms with van der Waals surface area (Å²) in [6.07, 6.45) is 4.76. The molecule has 178 valence electrons. The lowest BCUT2D eigenvalue weighted by Gasteiger charge is -2.26. The zero-order chi connectivity index (χ0) is 23.8. The van der Waals surface area contributed by atoms with Crippen molar-refractivity contribution in [3.05, 3.63) is 48.0 Å². The van der Waals surface area contributed by atoms with Gasteiger partial charge in [-0.1, -0.05) is 20.8 Å². The van der Waals surface area contributed by atoms with Crippen molar-refractivity contribution in [1.82, 2.24) is 18.8 Å². The van der Waals surface area contributed by atoms with Crippen LogP contribution in [0.3, 0.4) is 0 Å². The number of carbonyl (C=O) groups is 1. The Kier molecular flexibility index (Phi) is 6.37. The summed E-state index contributed by atoms with van der Waals surface area (Å²) in [6, 6.07) is 6.60. The molecule has 0 aliphatic carbocycles. The monoisotopic (exact) mass is 472 g/mol. The second-order valence-electron chi connectivity index (χ2n) is 9.60. The SMILES string of the molecule is CCNC(=O)c1ccn(S(=O)(=O)c2ccc3c(c2)nc(C(C)(C)C)n3CC2CCOCC2)c1. The highest BCUT2D eigenvalue weighted by Crippen LogP contribution is 2.30. The van der Waals surface area contributed by atoms with Crippen LogP contribution < -0.4 is 5.32 Å². The highest BCUT2D eigenvalue weighted by molar-refractivity contribution is 7.90. The first-order valence-corrected chi connectivity index (χ1v) is 12.9. The lowest BCUT2D eigenvalue weighted by Crippen LogP contribution is -2.25. The van der Waals surface area contributed by atoms with E-state index in [1.807, 2.05) is 13.0 Å². The van der Waals surface area contributed by atoms with E-state index in [2.05, 4.69) is 30.7 Å². The molecule has 0 spiro atoms. The average Bonchev–Trinajstić information content (AvgIpc) is 3.40. The van der Waals surface area contributed by atoms with Crippen molar-refractivity contribution in [2.45, 2.75) is 57.4 Å². The second kappa shape index (κ2) is 8.95. The first kappa shape index (κ1) is 23.5. The summed E-state index contributed by atoms with van der Waals surface area (Å²) in [5, 5.41) is 2.68. The zero-order valence-electron chi connectivity index (χ0n) is 19.7. The summed E-state index contributed by atoms with van der Waals surface area (Å²) in [7, 11) is -3.85. The highest BCUT2D eigenvalue weighted by Gasteiger charge is 2.27. The van der Waals surface area contributed by atoms with Gasteiger partial charge >= 0.3 is 0 Å². The van der Waals surface area contributed by atoms with Gasteiger partial charge in [0.15, 0.2) is 0 Å². The first-order valence-electron chi connectivity index (χ1n) is 11.4. The predicted molar refractivity (Wildman–Crippen MR) is 127 cm³/mol. The van der Waals surface area contributed by atoms with Gasteiger partial charge in [0, 0.05) is 44.1 Å². The molecule has 0 saturated carbocycles. The summed E-state index contributed by atoms with van der Waals surface area (Å²) >= 11 is 0. The van der Waals surface area contributed by atoms with Crippen LogP contribution in [0.5, 0.6) is 0 Å². The third kappa shape index (κ3) is 4.70. The molecule has 9 heteroatoms. The molecule has 1 N–H and O–H groups in total. The fourth-order valence-electron chi connectivity index (χ4n) is 4.26. The number of hydrogen-bond donors (Lipinski definition) is 1. The van der Waals surface area contributed by atoms with E-state index < -0.39 is 10.0 Å². The molecular formula is C24H32N4O4S. The molecule has 1 aromatic carbocycles. The van der Waals surface area contributed by atoms with Crippen molar-refractivity contribution in [3.63, 3.8) is 0 Å². The minimum Gasteiger partial charge on any atom is -0.381 e. The normalized spacial score (nSPS) is 15.8. The van der Waals surface area contributed by atoms with E-state index in [1.54, 1.807) is 12.1 Å². The van der Waals surface area contributed by atoms with Crippen LogP contribution in [0.4, 0.5) is 0 Å². The van der Waals surface area contributed by atoms with Gasteiger partial charge in [0.05, 0.1) is 21.5 Å². The van der Waals surface area contributed by atoms with Crippen LogP contribution in [-0.2, 0) is 26.7 Å². The number of fused-ring (bicyclic) bond motifs is 1. The Hall–Kier alpha value is -2.65. The standard InChI is InChI=1S/C24H32N4O4S/c1-5-25-22(29)18-8-11-27(16-18)33(30,31)19-6-7-21-20(14-19)26-23(24(2,3)4)28(21)15-17-9-12-32-13-10-17/h6-8,11,14,16-17H,5,9-10,12-13,15H2,1-4H3,(H,25,29). The molecule has 4 rings (SSSR count). The molecule has 33 heavy (non-hydrogen) atoms. The fraction of sp³-hybridized carbons (Fsp3) is 0.500. The van der Waals surface area contributed by atoms with Crippen LogP contribution in [0.25, 0.3) is 11.0 Å². The molecule has 1 aliphatic heterocycles. The topological polar surface area (TPSA) is 95.2 Å². The summed E-state index contributed by atoms with van der Waals surface area (Å²) in [5.41, 5.74) is 1.70. The molecule has 2 aromatic heterocycles. The van der Waals surface area contributed by atoms with Gasteiger partial charge in [-0.2, -0.15) is 0 Å². The van der Waals surface area contributed by atoms with Crippen LogP contribution in [0.1, 0.15) is 56.7 Å². The Labute approximate surface area is 195 Å². The van der Waals surface area contributed by atoms with Crippen molar-refractivity contribution in [2.24, 2.45) is 5.92 Å². The van der Waals surface area contributed by atoms with Crippen molar-refractivity contribution in [2.75, 3.05) is 19.8 Å². The molecule has 1 fully saturated rings. The number of rotatable bonds is 6. The van der Waals surface area contributed by atoms with Crippen LogP contribution in [0, 0.1) is 5.92 Å². The number of imidazole rings is 1. The van der Waals surface area contributed by atoms with E-state index in [9.17, 15) is 13.2 Å². The lowest BCUT2D eigenvalue weighted by molar-refractivity contribution is 0.0611. The Morgan fingerprint density at radius 2 is 1.94 bits per heavy atom. The Bertz CT molecular complexity index is 1260. The maximum Gasteiger partial charge on any atom is 0.267 e. The van der Waals surface area contributed by atoms with E-state index in [0.717, 1.165) is 47.9 Å². The van der Waals surface area contributed by atoms with E-state index in [1.165, 1.54) is 18.5 Å². The molecule has 0 unspecified atom stereocenters. The smallest absolute Gasteiger partial charge is 0.267 e. The summed E-state index contributed by atoms with van der Waals surface area (Å²) in [6.45, 7) is 11.0. The van der Waals surface area contributed by atoms with Crippen LogP contribution >= 0.6 is 0 Å². The van der Waals surface area contributed by atoms with E-state index in [0.29, 0.717) is 23.5 Å². The van der Waals surface area contributed by atoms with Gasteiger partial charge in [0.25, 0.3) is 15.9 Å². The Balaban J connectivity index is 1.72. The number of benzene rings is 1. The molecule has 1 amide bonds. The van der Waals surface area contributed by atoms with Crippen molar-refractivity contribution >= 4 is 27.0 Å². The number of aromatic nitrogens is 3. The van der Waals surface area contributed by atoms with Crippen LogP contribution in [0.15, 0.2) is 41.6 Å². The van der Waals surface area contributed by atoms with Gasteiger partial charge in [0.1, 0.15) is 5.82 Å². The van der Waals surface area contributed by atoms with Crippen molar-refractivity contribution in [3.8, 4) is 0 Å². The molecule has 8 nitrogen and oxygen atoms in total. The summed E-state index contributed by atoms with van der Waals surface area (Å²) < 4.78 is 35.4. The maximum atomic E-state index is 13.3. The number of hydrogen-bond acceptors (Lipinski definition) is 5. The molecule has 1 aliphatic rings. The van der Waals surface area contributed by atoms with Crippen molar-refractivity contribution in [1.29, 1.82) is 0 Å². The van der Waals surface area contributed by atoms with Gasteiger partial charge < -0.3 is 14.6 Å². The molecule has 0 atom stereocenters. The second-order valence-corrected chi connectivity index (χ2v) is 11.4. The maximum absolute atomic E-state index is 13.3. The van der Waals surface area contributed by atoms with Gasteiger partial charge in [-0.15, -0.1) is 0 Å². The zero-order valence-corrected chi connectivity index (χ0v) is 20.5. The third-order valence-electron chi connectivity index (χ3n) is 6.01. The number of nitrogens with one attached hydrogen (secondary N) is 1. The molecule has 3 heterocycles. The Morgan fingerprint density at radius 1 is 1.21 bits per heavy atom. The Morgan fingerprint density at radius 3 is 2.61 bits per heavy atom. The minimum atomic E-state index is -3.85. The van der Waals surface area contributed by atoms with Gasteiger partial charge in [-0.25, -0.2) is 17.4 Å². The van der Waals surface area contributed by atoms with Crippen LogP contribution in [0.2, 0.25) is 0 Å². The molecule has 3 aromatic rings. The van der Waals surface area contributed by atoms with Crippen LogP contribution in [-0.4, -0.2) is 47.6 Å². The number of ether oxygens (including phenoxy) is 1. The van der Waals surface area contributed by atoms with E-state index in [-0.39, 0.29) is 16.2 Å². The third-order valence-corrected chi connectivity index (χ3v) is 7.65. The first-order chi connectivity index (χ1) is 15.6. The van der Waals surface area contributed by atoms with Gasteiger partial charge in [0.2, 0.25) is 0 Å². The summed E-state index contributed by atoms with van der Waals surface area (Å²) in [4.78, 5) is 17.1. The number of amides is 1. The van der Waals surface area contributed by atoms with Gasteiger partial charge in [-0.3, -0.25) is 4.79 Å². The quantitative estimate of drug-likeness (QED) is 0.592. The highest BCUT2D eigenvalue weighted by atomic mass is 32.2. The van der Waals surface area contributed by atoms with E-state index in [4.69, 9.17) is 9.72 Å². The molecule has 0 bridgehead atoms. The van der Waals surface area contributed by atoms with Crippen molar-refractivity contribution < 1.29 is 17.9 Å². The molecule has 1 saturated heterocycles. The fourth-order valence-corrected chi connectivity index (χ4v) is 5.48. The largest absolute Gasteiger partial charge is 0.381 e. The lowest BCUT2D eigenvalue weighted by atomic mass is 9.94. The number of nitrogens with zero attached hydrogens (tertiary/aromatic N) is 3. The van der Waals surface area contributed by atoms with E-state index >= 15 is 0 Å². The molecular weight excluding hydrogens is 440 g/mol. The minimum absolute atomic E-state index is 0.143.